The quantitative estimate of drug-likeness (QED) is 0.793. The monoisotopic (exact) mass is 427 g/mol. The highest BCUT2D eigenvalue weighted by Crippen LogP contribution is 2.53. The van der Waals surface area contributed by atoms with Crippen LogP contribution >= 0.6 is 0 Å². The van der Waals surface area contributed by atoms with Crippen LogP contribution in [0.2, 0.25) is 0 Å². The van der Waals surface area contributed by atoms with E-state index in [9.17, 15) is 9.59 Å². The van der Waals surface area contributed by atoms with E-state index in [-0.39, 0.29) is 23.8 Å². The maximum Gasteiger partial charge on any atom is 0.231 e. The molecule has 2 unspecified atom stereocenters. The summed E-state index contributed by atoms with van der Waals surface area (Å²) in [6.45, 7) is 5.20. The molecule has 31 heavy (non-hydrogen) atoms. The molecule has 3 fully saturated rings. The summed E-state index contributed by atoms with van der Waals surface area (Å²) >= 11 is 0. The van der Waals surface area contributed by atoms with Crippen molar-refractivity contribution in [2.45, 2.75) is 51.7 Å². The summed E-state index contributed by atoms with van der Waals surface area (Å²) in [6, 6.07) is 2.14. The van der Waals surface area contributed by atoms with Gasteiger partial charge in [-0.3, -0.25) is 14.6 Å². The molecule has 0 spiro atoms. The van der Waals surface area contributed by atoms with Crippen molar-refractivity contribution in [3.8, 4) is 0 Å². The molecule has 4 aliphatic rings. The second-order valence-electron chi connectivity index (χ2n) is 9.96. The zero-order valence-electron chi connectivity index (χ0n) is 18.6. The van der Waals surface area contributed by atoms with Gasteiger partial charge in [-0.2, -0.15) is 0 Å². The van der Waals surface area contributed by atoms with Gasteiger partial charge in [0.2, 0.25) is 11.8 Å². The van der Waals surface area contributed by atoms with Gasteiger partial charge in [-0.15, -0.1) is 0 Å². The minimum absolute atomic E-state index is 0.0565. The van der Waals surface area contributed by atoms with Crippen molar-refractivity contribution >= 4 is 11.8 Å². The van der Waals surface area contributed by atoms with Gasteiger partial charge in [0.15, 0.2) is 0 Å². The first-order valence-corrected chi connectivity index (χ1v) is 11.6. The van der Waals surface area contributed by atoms with Crippen LogP contribution in [0.3, 0.4) is 0 Å². The van der Waals surface area contributed by atoms with Gasteiger partial charge in [-0.05, 0) is 55.6 Å². The molecular weight excluding hydrogens is 394 g/mol. The Bertz CT molecular complexity index is 874. The summed E-state index contributed by atoms with van der Waals surface area (Å²) in [7, 11) is 1.75. The van der Waals surface area contributed by atoms with Crippen LogP contribution in [0.25, 0.3) is 0 Å². The van der Waals surface area contributed by atoms with Gasteiger partial charge in [-0.25, -0.2) is 0 Å². The summed E-state index contributed by atoms with van der Waals surface area (Å²) in [5.74, 6) is 0.820. The molecule has 1 aliphatic carbocycles. The van der Waals surface area contributed by atoms with E-state index in [0.29, 0.717) is 38.1 Å². The number of fused-ring (bicyclic) bond motifs is 2. The summed E-state index contributed by atoms with van der Waals surface area (Å²) in [6.07, 6.45) is 6.38. The highest BCUT2D eigenvalue weighted by Gasteiger charge is 2.60. The van der Waals surface area contributed by atoms with Crippen LogP contribution in [0.5, 0.6) is 0 Å². The topological polar surface area (TPSA) is 80.8 Å². The molecule has 7 nitrogen and oxygen atoms in total. The smallest absolute Gasteiger partial charge is 0.231 e. The number of aryl methyl sites for hydroxylation is 1. The maximum absolute atomic E-state index is 13.9. The highest BCUT2D eigenvalue weighted by atomic mass is 16.5. The zero-order valence-corrected chi connectivity index (χ0v) is 18.6. The number of ether oxygens (including phenoxy) is 2. The van der Waals surface area contributed by atoms with Gasteiger partial charge < -0.3 is 19.7 Å². The lowest BCUT2D eigenvalue weighted by Crippen LogP contribution is -2.48. The second-order valence-corrected chi connectivity index (χ2v) is 9.96. The number of nitrogens with zero attached hydrogens (tertiary/aromatic N) is 2. The molecule has 5 rings (SSSR count). The Morgan fingerprint density at radius 2 is 2.32 bits per heavy atom. The standard InChI is InChI=1S/C24H33N3O4/c1-15-7-18-12-27(5-3-20(18)25-11-15)23(29)24-10-16(9-19(24)22(28)26-14-24)8-17-4-6-31-13-21(17)30-2/h7,11,16-17,19,21H,3-6,8-10,12-14H2,1-2H3,(H,26,28)/t16-,17?,19+,21?,24+/m1/s1. The predicted octanol–water partition coefficient (Wildman–Crippen LogP) is 1.86. The first kappa shape index (κ1) is 20.9. The largest absolute Gasteiger partial charge is 0.379 e. The predicted molar refractivity (Wildman–Crippen MR) is 114 cm³/mol. The Morgan fingerprint density at radius 3 is 3.16 bits per heavy atom. The molecule has 1 aromatic rings. The van der Waals surface area contributed by atoms with Crippen LogP contribution in [0, 0.1) is 30.1 Å². The van der Waals surface area contributed by atoms with E-state index in [1.54, 1.807) is 7.11 Å². The summed E-state index contributed by atoms with van der Waals surface area (Å²) in [4.78, 5) is 33.1. The number of hydrogen-bond acceptors (Lipinski definition) is 5. The van der Waals surface area contributed by atoms with E-state index in [1.807, 2.05) is 18.0 Å². The van der Waals surface area contributed by atoms with Crippen molar-refractivity contribution < 1.29 is 19.1 Å². The van der Waals surface area contributed by atoms with E-state index in [2.05, 4.69) is 16.4 Å². The van der Waals surface area contributed by atoms with Crippen molar-refractivity contribution in [1.82, 2.24) is 15.2 Å². The normalized spacial score (nSPS) is 34.9. The molecule has 7 heteroatoms. The molecule has 168 valence electrons. The molecule has 0 aromatic carbocycles. The minimum atomic E-state index is -0.593. The van der Waals surface area contributed by atoms with Crippen molar-refractivity contribution in [2.75, 3.05) is 33.4 Å². The van der Waals surface area contributed by atoms with Gasteiger partial charge in [0.1, 0.15) is 0 Å². The molecule has 2 saturated heterocycles. The van der Waals surface area contributed by atoms with Crippen LogP contribution < -0.4 is 5.32 Å². The van der Waals surface area contributed by atoms with E-state index >= 15 is 0 Å². The SMILES string of the molecule is COC1COCCC1C[C@@H]1C[C@H]2C(=O)NC[C@@]2(C(=O)N2CCc3ncc(C)cc3C2)C1. The molecule has 3 aliphatic heterocycles. The molecule has 1 N–H and O–H groups in total. The summed E-state index contributed by atoms with van der Waals surface area (Å²) < 4.78 is 11.2. The second kappa shape index (κ2) is 8.17. The number of aromatic nitrogens is 1. The van der Waals surface area contributed by atoms with Crippen LogP contribution in [0.1, 0.15) is 42.5 Å². The average Bonchev–Trinajstić information content (AvgIpc) is 3.30. The Labute approximate surface area is 183 Å². The van der Waals surface area contributed by atoms with Crippen molar-refractivity contribution in [1.29, 1.82) is 0 Å². The lowest BCUT2D eigenvalue weighted by molar-refractivity contribution is -0.145. The number of amides is 2. The minimum Gasteiger partial charge on any atom is -0.379 e. The van der Waals surface area contributed by atoms with Crippen LogP contribution in [0.15, 0.2) is 12.3 Å². The van der Waals surface area contributed by atoms with Gasteiger partial charge >= 0.3 is 0 Å². The molecule has 0 radical (unpaired) electrons. The number of rotatable bonds is 4. The Kier molecular flexibility index (Phi) is 5.51. The first-order valence-electron chi connectivity index (χ1n) is 11.6. The van der Waals surface area contributed by atoms with E-state index in [0.717, 1.165) is 55.5 Å². The Morgan fingerprint density at radius 1 is 1.45 bits per heavy atom. The molecule has 1 aromatic heterocycles. The lowest BCUT2D eigenvalue weighted by atomic mass is 9.77. The van der Waals surface area contributed by atoms with Crippen LogP contribution in [-0.2, 0) is 32.0 Å². The molecule has 2 amide bonds. The number of carbonyl (C=O) groups excluding carboxylic acids is 2. The number of carbonyl (C=O) groups is 2. The van der Waals surface area contributed by atoms with Gasteiger partial charge in [-0.1, -0.05) is 6.07 Å². The Balaban J connectivity index is 1.33. The summed E-state index contributed by atoms with van der Waals surface area (Å²) in [5.41, 5.74) is 2.76. The summed E-state index contributed by atoms with van der Waals surface area (Å²) in [5, 5.41) is 3.01. The molecule has 1 saturated carbocycles. The molecule has 5 atom stereocenters. The third kappa shape index (κ3) is 3.65. The fraction of sp³-hybridized carbons (Fsp3) is 0.708. The van der Waals surface area contributed by atoms with Crippen molar-refractivity contribution in [3.63, 3.8) is 0 Å². The van der Waals surface area contributed by atoms with Gasteiger partial charge in [0.05, 0.1) is 24.0 Å². The average molecular weight is 428 g/mol. The van der Waals surface area contributed by atoms with Crippen molar-refractivity contribution in [3.05, 3.63) is 29.1 Å². The number of nitrogens with one attached hydrogen (secondary N) is 1. The van der Waals surface area contributed by atoms with Gasteiger partial charge in [0.25, 0.3) is 0 Å². The maximum atomic E-state index is 13.9. The number of pyridine rings is 1. The molecular formula is C24H33N3O4. The molecule has 4 heterocycles. The van der Waals surface area contributed by atoms with Crippen molar-refractivity contribution in [2.24, 2.45) is 23.2 Å². The van der Waals surface area contributed by atoms with Crippen LogP contribution in [-0.4, -0.2) is 61.2 Å². The zero-order chi connectivity index (χ0) is 21.6. The van der Waals surface area contributed by atoms with Crippen LogP contribution in [0.4, 0.5) is 0 Å². The van der Waals surface area contributed by atoms with E-state index in [1.165, 1.54) is 0 Å². The first-order chi connectivity index (χ1) is 15.0. The van der Waals surface area contributed by atoms with E-state index in [4.69, 9.17) is 9.47 Å². The highest BCUT2D eigenvalue weighted by molar-refractivity contribution is 5.95. The fourth-order valence-electron chi connectivity index (χ4n) is 6.46. The third-order valence-corrected chi connectivity index (χ3v) is 8.05. The lowest BCUT2D eigenvalue weighted by Gasteiger charge is -2.36. The van der Waals surface area contributed by atoms with E-state index < -0.39 is 5.41 Å². The fourth-order valence-corrected chi connectivity index (χ4v) is 6.46. The number of hydrogen-bond donors (Lipinski definition) is 1. The third-order valence-electron chi connectivity index (χ3n) is 8.05. The Hall–Kier alpha value is -1.99. The number of methoxy groups -OCH3 is 1. The molecule has 0 bridgehead atoms. The van der Waals surface area contributed by atoms with Gasteiger partial charge in [0, 0.05) is 51.7 Å².